The first-order chi connectivity index (χ1) is 9.22. The Morgan fingerprint density at radius 3 is 3.11 bits per heavy atom. The molecule has 19 heavy (non-hydrogen) atoms. The summed E-state index contributed by atoms with van der Waals surface area (Å²) >= 11 is 1.52. The molecule has 0 bridgehead atoms. The minimum Gasteiger partial charge on any atom is -0.383 e. The topological polar surface area (TPSA) is 64.3 Å². The molecule has 1 fully saturated rings. The van der Waals surface area contributed by atoms with Crippen molar-refractivity contribution in [1.29, 1.82) is 0 Å². The van der Waals surface area contributed by atoms with Crippen molar-refractivity contribution in [3.05, 3.63) is 6.07 Å². The van der Waals surface area contributed by atoms with Crippen molar-refractivity contribution in [2.24, 2.45) is 0 Å². The van der Waals surface area contributed by atoms with Crippen molar-refractivity contribution in [2.75, 3.05) is 36.6 Å². The zero-order valence-corrected chi connectivity index (χ0v) is 12.4. The first-order valence-electron chi connectivity index (χ1n) is 6.78. The lowest BCUT2D eigenvalue weighted by Gasteiger charge is -2.33. The Kier molecular flexibility index (Phi) is 5.27. The number of piperidine rings is 1. The fourth-order valence-corrected chi connectivity index (χ4v) is 2.63. The molecule has 1 aromatic rings. The maximum atomic E-state index is 5.85. The molecule has 2 N–H and O–H groups in total. The van der Waals surface area contributed by atoms with Gasteiger partial charge in [-0.15, -0.1) is 0 Å². The minimum absolute atomic E-state index is 0.308. The van der Waals surface area contributed by atoms with Gasteiger partial charge in [0.25, 0.3) is 0 Å². The van der Waals surface area contributed by atoms with Gasteiger partial charge in [-0.1, -0.05) is 18.7 Å². The molecule has 1 aliphatic rings. The summed E-state index contributed by atoms with van der Waals surface area (Å²) in [5.41, 5.74) is 5.83. The number of nitrogens with two attached hydrogens (primary N) is 1. The third-order valence-corrected chi connectivity index (χ3v) is 3.70. The SMILES string of the molecule is CCCOC1CCCN(c2cc(N)nc(SC)n2)C1. The van der Waals surface area contributed by atoms with Crippen LogP contribution in [0.4, 0.5) is 11.6 Å². The van der Waals surface area contributed by atoms with Gasteiger partial charge in [0.2, 0.25) is 0 Å². The Hall–Kier alpha value is -1.01. The smallest absolute Gasteiger partial charge is 0.191 e. The molecule has 0 radical (unpaired) electrons. The number of aromatic nitrogens is 2. The summed E-state index contributed by atoms with van der Waals surface area (Å²) in [6, 6.07) is 1.85. The standard InChI is InChI=1S/C13H22N4OS/c1-3-7-18-10-5-4-6-17(9-10)12-8-11(14)15-13(16-12)19-2/h8,10H,3-7,9H2,1-2H3,(H2,14,15,16). The van der Waals surface area contributed by atoms with E-state index in [1.165, 1.54) is 11.8 Å². The second kappa shape index (κ2) is 6.96. The summed E-state index contributed by atoms with van der Waals surface area (Å²) in [6.45, 7) is 4.87. The zero-order chi connectivity index (χ0) is 13.7. The van der Waals surface area contributed by atoms with Crippen molar-refractivity contribution in [1.82, 2.24) is 9.97 Å². The van der Waals surface area contributed by atoms with E-state index in [0.717, 1.165) is 49.9 Å². The van der Waals surface area contributed by atoms with Gasteiger partial charge in [0.05, 0.1) is 6.10 Å². The van der Waals surface area contributed by atoms with Gasteiger partial charge < -0.3 is 15.4 Å². The molecule has 6 heteroatoms. The molecule has 1 saturated heterocycles. The van der Waals surface area contributed by atoms with Crippen LogP contribution in [0.1, 0.15) is 26.2 Å². The highest BCUT2D eigenvalue weighted by Gasteiger charge is 2.22. The van der Waals surface area contributed by atoms with Gasteiger partial charge in [0, 0.05) is 25.8 Å². The lowest BCUT2D eigenvalue weighted by molar-refractivity contribution is 0.0439. The Labute approximate surface area is 118 Å². The van der Waals surface area contributed by atoms with Crippen LogP contribution in [0.25, 0.3) is 0 Å². The van der Waals surface area contributed by atoms with Crippen molar-refractivity contribution in [3.63, 3.8) is 0 Å². The second-order valence-corrected chi connectivity index (χ2v) is 5.49. The Morgan fingerprint density at radius 1 is 1.53 bits per heavy atom. The molecule has 0 aliphatic carbocycles. The van der Waals surface area contributed by atoms with E-state index in [4.69, 9.17) is 10.5 Å². The molecule has 1 atom stereocenters. The Morgan fingerprint density at radius 2 is 2.37 bits per heavy atom. The molecule has 0 aromatic carbocycles. The third-order valence-electron chi connectivity index (χ3n) is 3.15. The molecule has 106 valence electrons. The summed E-state index contributed by atoms with van der Waals surface area (Å²) in [5.74, 6) is 1.45. The van der Waals surface area contributed by atoms with E-state index in [1.54, 1.807) is 0 Å². The van der Waals surface area contributed by atoms with E-state index in [9.17, 15) is 0 Å². The summed E-state index contributed by atoms with van der Waals surface area (Å²) < 4.78 is 5.85. The number of hydrogen-bond acceptors (Lipinski definition) is 6. The van der Waals surface area contributed by atoms with Crippen molar-refractivity contribution < 1.29 is 4.74 Å². The predicted molar refractivity (Wildman–Crippen MR) is 79.7 cm³/mol. The number of nitrogens with zero attached hydrogens (tertiary/aromatic N) is 3. The van der Waals surface area contributed by atoms with Crippen LogP contribution < -0.4 is 10.6 Å². The predicted octanol–water partition coefficient (Wildman–Crippen LogP) is 2.18. The van der Waals surface area contributed by atoms with Crippen LogP contribution in [0.5, 0.6) is 0 Å². The number of rotatable bonds is 5. The first-order valence-corrected chi connectivity index (χ1v) is 8.00. The van der Waals surface area contributed by atoms with E-state index in [1.807, 2.05) is 12.3 Å². The van der Waals surface area contributed by atoms with Crippen LogP contribution in [-0.4, -0.2) is 42.0 Å². The molecular weight excluding hydrogens is 260 g/mol. The number of ether oxygens (including phenoxy) is 1. The highest BCUT2D eigenvalue weighted by atomic mass is 32.2. The first kappa shape index (κ1) is 14.4. The summed E-state index contributed by atoms with van der Waals surface area (Å²) in [7, 11) is 0. The minimum atomic E-state index is 0.308. The number of anilines is 2. The maximum absolute atomic E-state index is 5.85. The fraction of sp³-hybridized carbons (Fsp3) is 0.692. The molecule has 2 rings (SSSR count). The summed E-state index contributed by atoms with van der Waals surface area (Å²) in [5, 5.41) is 0.728. The van der Waals surface area contributed by atoms with Crippen LogP contribution in [0.2, 0.25) is 0 Å². The highest BCUT2D eigenvalue weighted by molar-refractivity contribution is 7.98. The number of nitrogen functional groups attached to an aromatic ring is 1. The van der Waals surface area contributed by atoms with Gasteiger partial charge in [-0.25, -0.2) is 9.97 Å². The van der Waals surface area contributed by atoms with Crippen LogP contribution in [0.15, 0.2) is 11.2 Å². The molecular formula is C13H22N4OS. The molecule has 1 aromatic heterocycles. The van der Waals surface area contributed by atoms with Gasteiger partial charge in [-0.3, -0.25) is 0 Å². The van der Waals surface area contributed by atoms with E-state index in [-0.39, 0.29) is 0 Å². The number of thioether (sulfide) groups is 1. The Bertz CT molecular complexity index is 416. The highest BCUT2D eigenvalue weighted by Crippen LogP contribution is 2.23. The lowest BCUT2D eigenvalue weighted by atomic mass is 10.1. The van der Waals surface area contributed by atoms with Gasteiger partial charge in [-0.2, -0.15) is 0 Å². The number of hydrogen-bond donors (Lipinski definition) is 1. The van der Waals surface area contributed by atoms with Crippen molar-refractivity contribution >= 4 is 23.4 Å². The van der Waals surface area contributed by atoms with E-state index < -0.39 is 0 Å². The lowest BCUT2D eigenvalue weighted by Crippen LogP contribution is -2.40. The maximum Gasteiger partial charge on any atom is 0.191 e. The van der Waals surface area contributed by atoms with Crippen LogP contribution in [-0.2, 0) is 4.74 Å². The second-order valence-electron chi connectivity index (χ2n) is 4.72. The molecule has 5 nitrogen and oxygen atoms in total. The fourth-order valence-electron chi connectivity index (χ4n) is 2.25. The molecule has 1 unspecified atom stereocenters. The van der Waals surface area contributed by atoms with E-state index >= 15 is 0 Å². The van der Waals surface area contributed by atoms with Gasteiger partial charge in [0.15, 0.2) is 5.16 Å². The Balaban J connectivity index is 2.06. The summed E-state index contributed by atoms with van der Waals surface area (Å²) in [4.78, 5) is 11.0. The third kappa shape index (κ3) is 3.98. The average molecular weight is 282 g/mol. The van der Waals surface area contributed by atoms with Gasteiger partial charge >= 0.3 is 0 Å². The monoisotopic (exact) mass is 282 g/mol. The van der Waals surface area contributed by atoms with E-state index in [0.29, 0.717) is 11.9 Å². The van der Waals surface area contributed by atoms with Crippen molar-refractivity contribution in [2.45, 2.75) is 37.4 Å². The van der Waals surface area contributed by atoms with E-state index in [2.05, 4.69) is 21.8 Å². The summed E-state index contributed by atoms with van der Waals surface area (Å²) in [6.07, 6.45) is 5.59. The largest absolute Gasteiger partial charge is 0.383 e. The quantitative estimate of drug-likeness (QED) is 0.659. The normalized spacial score (nSPS) is 19.7. The van der Waals surface area contributed by atoms with Crippen molar-refractivity contribution in [3.8, 4) is 0 Å². The molecule has 0 saturated carbocycles. The van der Waals surface area contributed by atoms with Crippen LogP contribution >= 0.6 is 11.8 Å². The average Bonchev–Trinajstić information content (AvgIpc) is 2.44. The molecule has 0 amide bonds. The van der Waals surface area contributed by atoms with Gasteiger partial charge in [-0.05, 0) is 25.5 Å². The zero-order valence-electron chi connectivity index (χ0n) is 11.6. The van der Waals surface area contributed by atoms with Crippen LogP contribution in [0.3, 0.4) is 0 Å². The molecule has 0 spiro atoms. The molecule has 2 heterocycles. The molecule has 1 aliphatic heterocycles. The van der Waals surface area contributed by atoms with Gasteiger partial charge in [0.1, 0.15) is 11.6 Å². The van der Waals surface area contributed by atoms with Crippen LogP contribution in [0, 0.1) is 0 Å².